The van der Waals surface area contributed by atoms with Gasteiger partial charge in [-0.3, -0.25) is 10.1 Å². The number of thiophene rings is 1. The fourth-order valence-electron chi connectivity index (χ4n) is 1.79. The van der Waals surface area contributed by atoms with E-state index >= 15 is 0 Å². The molecule has 0 saturated heterocycles. The Kier molecular flexibility index (Phi) is 4.45. The number of carbonyl (C=O) groups excluding carboxylic acids is 1. The van der Waals surface area contributed by atoms with E-state index in [9.17, 15) is 4.79 Å². The zero-order chi connectivity index (χ0) is 15.4. The average molecular weight is 331 g/mol. The van der Waals surface area contributed by atoms with Gasteiger partial charge in [0.15, 0.2) is 11.6 Å². The number of amides is 1. The highest BCUT2D eigenvalue weighted by Gasteiger charge is 2.11. The normalized spacial score (nSPS) is 10.4. The van der Waals surface area contributed by atoms with Gasteiger partial charge in [-0.15, -0.1) is 21.5 Å². The van der Waals surface area contributed by atoms with Gasteiger partial charge in [0.25, 0.3) is 5.91 Å². The van der Waals surface area contributed by atoms with Gasteiger partial charge in [-0.25, -0.2) is 0 Å². The molecule has 7 heteroatoms. The average Bonchev–Trinajstić information content (AvgIpc) is 3.17. The number of ether oxygens (including phenoxy) is 1. The molecule has 0 fully saturated rings. The molecule has 22 heavy (non-hydrogen) atoms. The molecule has 1 amide bonds. The molecular formula is C15H13N3O2S2. The molecule has 1 N–H and O–H groups in total. The van der Waals surface area contributed by atoms with Gasteiger partial charge in [0, 0.05) is 0 Å². The van der Waals surface area contributed by atoms with E-state index in [4.69, 9.17) is 4.74 Å². The van der Waals surface area contributed by atoms with Gasteiger partial charge < -0.3 is 4.74 Å². The standard InChI is InChI=1S/C15H13N3O2S2/c1-10-5-2-3-6-11(10)20-9-13(19)16-15-18-17-14(22-15)12-7-4-8-21-12/h2-8H,9H2,1H3,(H,16,18,19). The van der Waals surface area contributed by atoms with E-state index in [1.165, 1.54) is 11.3 Å². The SMILES string of the molecule is Cc1ccccc1OCC(=O)Nc1nnc(-c2cccs2)s1. The van der Waals surface area contributed by atoms with Crippen molar-refractivity contribution in [1.29, 1.82) is 0 Å². The number of aromatic nitrogens is 2. The van der Waals surface area contributed by atoms with Crippen molar-refractivity contribution in [1.82, 2.24) is 10.2 Å². The lowest BCUT2D eigenvalue weighted by Gasteiger charge is -2.07. The molecule has 0 aliphatic carbocycles. The first-order chi connectivity index (χ1) is 10.7. The third kappa shape index (κ3) is 3.49. The summed E-state index contributed by atoms with van der Waals surface area (Å²) in [5, 5.41) is 14.0. The summed E-state index contributed by atoms with van der Waals surface area (Å²) in [5.74, 6) is 0.450. The van der Waals surface area contributed by atoms with E-state index in [0.29, 0.717) is 10.9 Å². The minimum absolute atomic E-state index is 0.0568. The van der Waals surface area contributed by atoms with Crippen LogP contribution in [0.2, 0.25) is 0 Å². The Morgan fingerprint density at radius 1 is 1.23 bits per heavy atom. The van der Waals surface area contributed by atoms with Gasteiger partial charge in [-0.1, -0.05) is 35.6 Å². The maximum absolute atomic E-state index is 11.9. The van der Waals surface area contributed by atoms with Crippen LogP contribution < -0.4 is 10.1 Å². The second kappa shape index (κ2) is 6.67. The van der Waals surface area contributed by atoms with Crippen molar-refractivity contribution < 1.29 is 9.53 Å². The Labute approximate surface area is 135 Å². The topological polar surface area (TPSA) is 64.1 Å². The molecule has 0 bridgehead atoms. The molecule has 0 atom stereocenters. The predicted molar refractivity (Wildman–Crippen MR) is 88.5 cm³/mol. The predicted octanol–water partition coefficient (Wildman–Crippen LogP) is 3.59. The van der Waals surface area contributed by atoms with Gasteiger partial charge in [0.05, 0.1) is 4.88 Å². The summed E-state index contributed by atoms with van der Waals surface area (Å²) in [5.41, 5.74) is 0.992. The fraction of sp³-hybridized carbons (Fsp3) is 0.133. The van der Waals surface area contributed by atoms with E-state index < -0.39 is 0 Å². The number of rotatable bonds is 5. The number of hydrogen-bond acceptors (Lipinski definition) is 6. The molecule has 2 aromatic heterocycles. The number of hydrogen-bond donors (Lipinski definition) is 1. The highest BCUT2D eigenvalue weighted by atomic mass is 32.1. The first-order valence-corrected chi connectivity index (χ1v) is 8.27. The van der Waals surface area contributed by atoms with Gasteiger partial charge in [0.1, 0.15) is 5.75 Å². The highest BCUT2D eigenvalue weighted by Crippen LogP contribution is 2.29. The molecule has 2 heterocycles. The molecular weight excluding hydrogens is 318 g/mol. The largest absolute Gasteiger partial charge is 0.483 e. The molecule has 3 rings (SSSR count). The second-order valence-corrected chi connectivity index (χ2v) is 6.42. The van der Waals surface area contributed by atoms with Crippen LogP contribution in [-0.4, -0.2) is 22.7 Å². The lowest BCUT2D eigenvalue weighted by molar-refractivity contribution is -0.118. The Morgan fingerprint density at radius 3 is 2.86 bits per heavy atom. The van der Waals surface area contributed by atoms with Crippen molar-refractivity contribution in [2.45, 2.75) is 6.92 Å². The van der Waals surface area contributed by atoms with Gasteiger partial charge in [-0.05, 0) is 30.0 Å². The smallest absolute Gasteiger partial charge is 0.264 e. The number of benzene rings is 1. The van der Waals surface area contributed by atoms with Gasteiger partial charge in [0.2, 0.25) is 5.13 Å². The Bertz CT molecular complexity index is 769. The molecule has 0 spiro atoms. The van der Waals surface area contributed by atoms with Gasteiger partial charge >= 0.3 is 0 Å². The van der Waals surface area contributed by atoms with Crippen LogP contribution in [0.5, 0.6) is 5.75 Å². The molecule has 3 aromatic rings. The van der Waals surface area contributed by atoms with Crippen molar-refractivity contribution in [2.24, 2.45) is 0 Å². The summed E-state index contributed by atoms with van der Waals surface area (Å²) >= 11 is 2.93. The molecule has 112 valence electrons. The summed E-state index contributed by atoms with van der Waals surface area (Å²) in [6.07, 6.45) is 0. The Balaban J connectivity index is 1.57. The summed E-state index contributed by atoms with van der Waals surface area (Å²) in [6.45, 7) is 1.88. The minimum atomic E-state index is -0.253. The quantitative estimate of drug-likeness (QED) is 0.776. The number of para-hydroxylation sites is 1. The minimum Gasteiger partial charge on any atom is -0.483 e. The van der Waals surface area contributed by atoms with E-state index in [0.717, 1.165) is 15.4 Å². The van der Waals surface area contributed by atoms with E-state index in [2.05, 4.69) is 15.5 Å². The van der Waals surface area contributed by atoms with E-state index in [1.807, 2.05) is 48.7 Å². The van der Waals surface area contributed by atoms with Crippen molar-refractivity contribution in [2.75, 3.05) is 11.9 Å². The van der Waals surface area contributed by atoms with E-state index in [-0.39, 0.29) is 12.5 Å². The van der Waals surface area contributed by atoms with Crippen molar-refractivity contribution in [3.8, 4) is 15.6 Å². The summed E-state index contributed by atoms with van der Waals surface area (Å²) in [4.78, 5) is 12.9. The zero-order valence-electron chi connectivity index (χ0n) is 11.8. The molecule has 0 aliphatic rings. The third-order valence-corrected chi connectivity index (χ3v) is 4.73. The van der Waals surface area contributed by atoms with Crippen LogP contribution >= 0.6 is 22.7 Å². The third-order valence-electron chi connectivity index (χ3n) is 2.86. The first kappa shape index (κ1) is 14.7. The van der Waals surface area contributed by atoms with Gasteiger partial charge in [-0.2, -0.15) is 0 Å². The summed E-state index contributed by atoms with van der Waals surface area (Å²) in [6, 6.07) is 11.5. The van der Waals surface area contributed by atoms with Crippen LogP contribution in [0.15, 0.2) is 41.8 Å². The van der Waals surface area contributed by atoms with Crippen molar-refractivity contribution >= 4 is 33.7 Å². The monoisotopic (exact) mass is 331 g/mol. The maximum Gasteiger partial charge on any atom is 0.264 e. The Morgan fingerprint density at radius 2 is 2.09 bits per heavy atom. The van der Waals surface area contributed by atoms with Crippen LogP contribution in [-0.2, 0) is 4.79 Å². The number of carbonyl (C=O) groups is 1. The molecule has 1 aromatic carbocycles. The zero-order valence-corrected chi connectivity index (χ0v) is 13.4. The highest BCUT2D eigenvalue weighted by molar-refractivity contribution is 7.23. The maximum atomic E-state index is 11.9. The van der Waals surface area contributed by atoms with Crippen LogP contribution in [0.4, 0.5) is 5.13 Å². The molecule has 0 aliphatic heterocycles. The second-order valence-electron chi connectivity index (χ2n) is 4.49. The molecule has 0 saturated carbocycles. The number of aryl methyl sites for hydroxylation is 1. The van der Waals surface area contributed by atoms with Crippen molar-refractivity contribution in [3.63, 3.8) is 0 Å². The lowest BCUT2D eigenvalue weighted by Crippen LogP contribution is -2.20. The number of nitrogens with zero attached hydrogens (tertiary/aromatic N) is 2. The van der Waals surface area contributed by atoms with Crippen LogP contribution in [0.1, 0.15) is 5.56 Å². The summed E-state index contributed by atoms with van der Waals surface area (Å²) < 4.78 is 5.50. The van der Waals surface area contributed by atoms with Crippen LogP contribution in [0.3, 0.4) is 0 Å². The van der Waals surface area contributed by atoms with Crippen molar-refractivity contribution in [3.05, 3.63) is 47.3 Å². The molecule has 0 unspecified atom stereocenters. The van der Waals surface area contributed by atoms with E-state index in [1.54, 1.807) is 11.3 Å². The van der Waals surface area contributed by atoms with Crippen LogP contribution in [0, 0.1) is 6.92 Å². The lowest BCUT2D eigenvalue weighted by atomic mass is 10.2. The summed E-state index contributed by atoms with van der Waals surface area (Å²) in [7, 11) is 0. The first-order valence-electron chi connectivity index (χ1n) is 6.58. The number of anilines is 1. The Hall–Kier alpha value is -2.25. The molecule has 5 nitrogen and oxygen atoms in total. The number of nitrogens with one attached hydrogen (secondary N) is 1. The van der Waals surface area contributed by atoms with Crippen LogP contribution in [0.25, 0.3) is 9.88 Å². The fourth-order valence-corrected chi connectivity index (χ4v) is 3.34. The molecule has 0 radical (unpaired) electrons.